The van der Waals surface area contributed by atoms with E-state index in [-0.39, 0.29) is 23.3 Å². The van der Waals surface area contributed by atoms with Crippen molar-refractivity contribution in [2.45, 2.75) is 51.5 Å². The highest BCUT2D eigenvalue weighted by Gasteiger charge is 2.29. The number of hydrogen-bond donors (Lipinski definition) is 2. The average Bonchev–Trinajstić information content (AvgIpc) is 3.33. The van der Waals surface area contributed by atoms with Gasteiger partial charge in [0.05, 0.1) is 33.1 Å². The number of amides is 2. The van der Waals surface area contributed by atoms with E-state index in [4.69, 9.17) is 14.2 Å². The van der Waals surface area contributed by atoms with E-state index in [0.717, 1.165) is 60.4 Å². The number of aryl methyl sites for hydroxylation is 1. The lowest BCUT2D eigenvalue weighted by Gasteiger charge is -2.35. The number of rotatable bonds is 12. The Kier molecular flexibility index (Phi) is 11.2. The smallest absolute Gasteiger partial charge is 0.222 e. The Hall–Kier alpha value is -4.80. The maximum absolute atomic E-state index is 13.5. The van der Waals surface area contributed by atoms with Gasteiger partial charge >= 0.3 is 0 Å². The Labute approximate surface area is 276 Å². The number of carbonyl (C=O) groups is 2. The number of carbonyl (C=O) groups excluding carboxylic acids is 2. The predicted molar refractivity (Wildman–Crippen MR) is 183 cm³/mol. The first-order valence-electron chi connectivity index (χ1n) is 16.3. The highest BCUT2D eigenvalue weighted by Crippen LogP contribution is 2.50. The maximum atomic E-state index is 13.5. The Morgan fingerprint density at radius 3 is 2.40 bits per heavy atom. The summed E-state index contributed by atoms with van der Waals surface area (Å²) < 4.78 is 17.1. The molecule has 1 unspecified atom stereocenters. The maximum Gasteiger partial charge on any atom is 0.222 e. The molecule has 2 amide bonds. The number of hydrogen-bond acceptors (Lipinski definition) is 9. The summed E-state index contributed by atoms with van der Waals surface area (Å²) >= 11 is 0. The summed E-state index contributed by atoms with van der Waals surface area (Å²) in [6, 6.07) is 12.8. The van der Waals surface area contributed by atoms with Crippen LogP contribution in [0.3, 0.4) is 0 Å². The summed E-state index contributed by atoms with van der Waals surface area (Å²) in [5.41, 5.74) is 3.62. The number of nitrogens with one attached hydrogen (secondary N) is 2. The van der Waals surface area contributed by atoms with Crippen LogP contribution in [-0.2, 0) is 16.0 Å². The summed E-state index contributed by atoms with van der Waals surface area (Å²) in [6.07, 6.45) is 6.03. The summed E-state index contributed by atoms with van der Waals surface area (Å²) in [5.74, 6) is 2.51. The molecule has 0 radical (unpaired) electrons. The van der Waals surface area contributed by atoms with Crippen LogP contribution in [0.5, 0.6) is 17.2 Å². The van der Waals surface area contributed by atoms with Gasteiger partial charge in [-0.25, -0.2) is 4.98 Å². The van der Waals surface area contributed by atoms with Gasteiger partial charge in [0.1, 0.15) is 5.82 Å². The lowest BCUT2D eigenvalue weighted by atomic mass is 9.95. The van der Waals surface area contributed by atoms with Crippen LogP contribution in [0, 0.1) is 0 Å². The molecular weight excluding hydrogens is 598 g/mol. The van der Waals surface area contributed by atoms with E-state index in [9.17, 15) is 14.4 Å². The Balaban J connectivity index is 1.23. The number of fused-ring (bicyclic) bond motifs is 3. The topological polar surface area (TPSA) is 122 Å². The molecule has 2 heterocycles. The fourth-order valence-electron chi connectivity index (χ4n) is 6.54. The third-order valence-corrected chi connectivity index (χ3v) is 8.90. The molecule has 47 heavy (non-hydrogen) atoms. The Morgan fingerprint density at radius 1 is 0.936 bits per heavy atom. The molecule has 0 saturated carbocycles. The molecule has 5 rings (SSSR count). The van der Waals surface area contributed by atoms with E-state index in [2.05, 4.69) is 20.5 Å². The lowest BCUT2D eigenvalue weighted by molar-refractivity contribution is -0.131. The van der Waals surface area contributed by atoms with Gasteiger partial charge in [0.15, 0.2) is 11.5 Å². The van der Waals surface area contributed by atoms with Gasteiger partial charge in [-0.1, -0.05) is 18.6 Å². The van der Waals surface area contributed by atoms with Crippen molar-refractivity contribution in [2.24, 2.45) is 0 Å². The van der Waals surface area contributed by atoms with Crippen LogP contribution in [0.4, 0.5) is 11.5 Å². The summed E-state index contributed by atoms with van der Waals surface area (Å²) in [6.45, 7) is 5.06. The lowest BCUT2D eigenvalue weighted by Crippen LogP contribution is -2.49. The third kappa shape index (κ3) is 7.78. The minimum absolute atomic E-state index is 0.162. The molecule has 11 nitrogen and oxygen atoms in total. The van der Waals surface area contributed by atoms with Gasteiger partial charge in [-0.2, -0.15) is 0 Å². The van der Waals surface area contributed by atoms with Crippen LogP contribution in [0.15, 0.2) is 53.5 Å². The van der Waals surface area contributed by atoms with Crippen molar-refractivity contribution < 1.29 is 23.8 Å². The number of benzene rings is 1. The van der Waals surface area contributed by atoms with Crippen molar-refractivity contribution in [3.63, 3.8) is 0 Å². The van der Waals surface area contributed by atoms with E-state index in [1.165, 1.54) is 6.92 Å². The van der Waals surface area contributed by atoms with Crippen molar-refractivity contribution in [3.8, 4) is 28.4 Å². The number of nitrogens with zero attached hydrogens (tertiary/aromatic N) is 3. The van der Waals surface area contributed by atoms with Gasteiger partial charge in [0.2, 0.25) is 23.0 Å². The van der Waals surface area contributed by atoms with E-state index < -0.39 is 0 Å². The molecule has 2 aromatic carbocycles. The third-order valence-electron chi connectivity index (χ3n) is 8.90. The molecule has 1 aromatic heterocycles. The van der Waals surface area contributed by atoms with Gasteiger partial charge < -0.3 is 34.6 Å². The number of piperazine rings is 1. The molecule has 11 heteroatoms. The van der Waals surface area contributed by atoms with Gasteiger partial charge in [0, 0.05) is 57.8 Å². The number of aromatic nitrogens is 1. The van der Waals surface area contributed by atoms with Crippen LogP contribution >= 0.6 is 0 Å². The largest absolute Gasteiger partial charge is 0.493 e. The number of methoxy groups -OCH3 is 3. The number of pyridine rings is 1. The zero-order valence-corrected chi connectivity index (χ0v) is 27.8. The monoisotopic (exact) mass is 643 g/mol. The second-order valence-electron chi connectivity index (χ2n) is 11.9. The molecule has 2 aliphatic rings. The van der Waals surface area contributed by atoms with E-state index >= 15 is 0 Å². The quantitative estimate of drug-likeness (QED) is 0.273. The average molecular weight is 644 g/mol. The number of anilines is 2. The minimum Gasteiger partial charge on any atom is -0.493 e. The van der Waals surface area contributed by atoms with Gasteiger partial charge in [-0.05, 0) is 72.7 Å². The fourth-order valence-corrected chi connectivity index (χ4v) is 6.54. The molecule has 3 aromatic rings. The van der Waals surface area contributed by atoms with Crippen LogP contribution in [0.1, 0.15) is 56.2 Å². The summed E-state index contributed by atoms with van der Waals surface area (Å²) in [7, 11) is 4.73. The van der Waals surface area contributed by atoms with Crippen LogP contribution < -0.4 is 35.2 Å². The van der Waals surface area contributed by atoms with E-state index in [0.29, 0.717) is 61.8 Å². The zero-order valence-electron chi connectivity index (χ0n) is 27.8. The van der Waals surface area contributed by atoms with Crippen LogP contribution in [-0.4, -0.2) is 75.8 Å². The normalized spacial score (nSPS) is 15.5. The molecule has 1 atom stereocenters. The predicted octanol–water partition coefficient (Wildman–Crippen LogP) is 4.58. The molecule has 0 spiro atoms. The molecule has 2 N–H and O–H groups in total. The SMILES string of the molecule is COc1cc2c(c(OC)c1OC)-c1ccc(NCCCCCC(=O)N3CCN(c4ccccn4)CC3)c(=O)cc1C(NC(C)=O)CC2. The van der Waals surface area contributed by atoms with E-state index in [1.807, 2.05) is 35.2 Å². The molecular formula is C36H45N5O6. The minimum atomic E-state index is -0.361. The Morgan fingerprint density at radius 2 is 1.72 bits per heavy atom. The first-order valence-corrected chi connectivity index (χ1v) is 16.3. The highest BCUT2D eigenvalue weighted by atomic mass is 16.5. The van der Waals surface area contributed by atoms with Crippen molar-refractivity contribution in [3.05, 3.63) is 70.0 Å². The standard InChI is InChI=1S/C36H45N5O6/c1-24(42)39-28-14-12-25-22-31(45-2)35(46-3)36(47-4)34(25)26-13-15-29(30(43)23-27(26)28)37-16-8-5-6-11-33(44)41-20-18-40(19-21-41)32-10-7-9-17-38-32/h7,9-10,13,15,17,22-23,28H,5-6,8,11-12,14,16,18-21H2,1-4H3,(H,37,43)(H,39,42). The first-order chi connectivity index (χ1) is 22.8. The van der Waals surface area contributed by atoms with E-state index in [1.54, 1.807) is 39.7 Å². The van der Waals surface area contributed by atoms with Gasteiger partial charge in [-0.3, -0.25) is 14.4 Å². The molecule has 0 bridgehead atoms. The molecule has 250 valence electrons. The Bertz CT molecular complexity index is 1620. The van der Waals surface area contributed by atoms with Gasteiger partial charge in [-0.15, -0.1) is 0 Å². The second kappa shape index (κ2) is 15.7. The van der Waals surface area contributed by atoms with Crippen molar-refractivity contribution in [1.29, 1.82) is 0 Å². The summed E-state index contributed by atoms with van der Waals surface area (Å²) in [5, 5.41) is 6.35. The zero-order chi connectivity index (χ0) is 33.3. The second-order valence-corrected chi connectivity index (χ2v) is 11.9. The van der Waals surface area contributed by atoms with Crippen molar-refractivity contribution in [1.82, 2.24) is 15.2 Å². The first kappa shape index (κ1) is 33.6. The van der Waals surface area contributed by atoms with Crippen molar-refractivity contribution in [2.75, 3.05) is 64.3 Å². The number of unbranched alkanes of at least 4 members (excludes halogenated alkanes) is 2. The highest BCUT2D eigenvalue weighted by molar-refractivity contribution is 5.84. The van der Waals surface area contributed by atoms with Crippen LogP contribution in [0.25, 0.3) is 11.1 Å². The molecule has 1 saturated heterocycles. The summed E-state index contributed by atoms with van der Waals surface area (Å²) in [4.78, 5) is 47.1. The fraction of sp³-hybridized carbons (Fsp3) is 0.444. The number of ether oxygens (including phenoxy) is 3. The molecule has 1 aliphatic heterocycles. The van der Waals surface area contributed by atoms with Crippen LogP contribution in [0.2, 0.25) is 0 Å². The molecule has 1 aliphatic carbocycles. The van der Waals surface area contributed by atoms with Crippen molar-refractivity contribution >= 4 is 23.3 Å². The van der Waals surface area contributed by atoms with Gasteiger partial charge in [0.25, 0.3) is 0 Å². The molecule has 1 fully saturated rings.